The van der Waals surface area contributed by atoms with E-state index in [1.54, 1.807) is 0 Å². The van der Waals surface area contributed by atoms with E-state index in [2.05, 4.69) is 12.2 Å². The molecular formula is C15H31NO. The van der Waals surface area contributed by atoms with Gasteiger partial charge in [-0.25, -0.2) is 0 Å². The minimum Gasteiger partial charge on any atom is -0.365 e. The largest absolute Gasteiger partial charge is 0.365 e. The highest BCUT2D eigenvalue weighted by Gasteiger charge is 2.12. The highest BCUT2D eigenvalue weighted by molar-refractivity contribution is 4.68. The van der Waals surface area contributed by atoms with Gasteiger partial charge in [-0.15, -0.1) is 0 Å². The minimum atomic E-state index is 0.643. The lowest BCUT2D eigenvalue weighted by atomic mass is 10.0. The number of rotatable bonds is 11. The second kappa shape index (κ2) is 11.0. The monoisotopic (exact) mass is 241 g/mol. The van der Waals surface area contributed by atoms with Crippen LogP contribution in [0.5, 0.6) is 0 Å². The minimum absolute atomic E-state index is 0.643. The molecule has 0 aromatic carbocycles. The molecule has 0 saturated carbocycles. The predicted molar refractivity (Wildman–Crippen MR) is 74.2 cm³/mol. The van der Waals surface area contributed by atoms with E-state index in [4.69, 9.17) is 4.74 Å². The van der Waals surface area contributed by atoms with Crippen molar-refractivity contribution >= 4 is 0 Å². The van der Waals surface area contributed by atoms with Gasteiger partial charge >= 0.3 is 0 Å². The molecule has 1 aliphatic heterocycles. The lowest BCUT2D eigenvalue weighted by Crippen LogP contribution is -2.23. The van der Waals surface area contributed by atoms with Gasteiger partial charge in [-0.1, -0.05) is 71.1 Å². The Balaban J connectivity index is 1.69. The second-order valence-electron chi connectivity index (χ2n) is 5.39. The molecule has 0 spiro atoms. The Kier molecular flexibility index (Phi) is 9.72. The predicted octanol–water partition coefficient (Wildman–Crippen LogP) is 4.24. The first-order valence-corrected chi connectivity index (χ1v) is 7.74. The maximum atomic E-state index is 5.29. The summed E-state index contributed by atoms with van der Waals surface area (Å²) in [5.41, 5.74) is 0. The molecule has 0 aromatic rings. The Morgan fingerprint density at radius 3 is 2.00 bits per heavy atom. The molecular weight excluding hydrogens is 210 g/mol. The van der Waals surface area contributed by atoms with Crippen LogP contribution in [0.2, 0.25) is 0 Å². The zero-order valence-corrected chi connectivity index (χ0v) is 11.7. The summed E-state index contributed by atoms with van der Waals surface area (Å²) in [7, 11) is 0. The van der Waals surface area contributed by atoms with Crippen molar-refractivity contribution in [2.75, 3.05) is 13.3 Å². The van der Waals surface area contributed by atoms with Crippen molar-refractivity contribution in [3.8, 4) is 0 Å². The van der Waals surface area contributed by atoms with Gasteiger partial charge in [0.15, 0.2) is 0 Å². The summed E-state index contributed by atoms with van der Waals surface area (Å²) in [6.45, 7) is 3.98. The van der Waals surface area contributed by atoms with E-state index in [0.29, 0.717) is 6.04 Å². The Morgan fingerprint density at radius 1 is 0.882 bits per heavy atom. The summed E-state index contributed by atoms with van der Waals surface area (Å²) in [6, 6.07) is 0.643. The third-order valence-corrected chi connectivity index (χ3v) is 3.70. The SMILES string of the molecule is CCCCCCCCCCCCC1COCN1. The van der Waals surface area contributed by atoms with Crippen molar-refractivity contribution in [2.24, 2.45) is 0 Å². The van der Waals surface area contributed by atoms with Crippen LogP contribution in [0.3, 0.4) is 0 Å². The van der Waals surface area contributed by atoms with Gasteiger partial charge in [0.25, 0.3) is 0 Å². The van der Waals surface area contributed by atoms with Crippen LogP contribution in [0, 0.1) is 0 Å². The molecule has 1 fully saturated rings. The van der Waals surface area contributed by atoms with E-state index in [0.717, 1.165) is 13.3 Å². The Hall–Kier alpha value is -0.0800. The summed E-state index contributed by atoms with van der Waals surface area (Å²) in [4.78, 5) is 0. The van der Waals surface area contributed by atoms with Crippen molar-refractivity contribution in [3.05, 3.63) is 0 Å². The fourth-order valence-electron chi connectivity index (χ4n) is 2.50. The molecule has 1 N–H and O–H groups in total. The molecule has 0 bridgehead atoms. The van der Waals surface area contributed by atoms with Gasteiger partial charge in [-0.3, -0.25) is 5.32 Å². The van der Waals surface area contributed by atoms with E-state index < -0.39 is 0 Å². The van der Waals surface area contributed by atoms with Gasteiger partial charge in [0.05, 0.1) is 13.3 Å². The lowest BCUT2D eigenvalue weighted by Gasteiger charge is -2.07. The van der Waals surface area contributed by atoms with Crippen LogP contribution in [0.15, 0.2) is 0 Å². The molecule has 1 unspecified atom stereocenters. The molecule has 1 rings (SSSR count). The first-order chi connectivity index (χ1) is 8.43. The zero-order valence-electron chi connectivity index (χ0n) is 11.7. The number of hydrogen-bond donors (Lipinski definition) is 1. The third-order valence-electron chi connectivity index (χ3n) is 3.70. The average Bonchev–Trinajstić information content (AvgIpc) is 2.85. The Labute approximate surface area is 108 Å². The van der Waals surface area contributed by atoms with Crippen LogP contribution in [0.4, 0.5) is 0 Å². The quantitative estimate of drug-likeness (QED) is 0.546. The number of hydrogen-bond acceptors (Lipinski definition) is 2. The van der Waals surface area contributed by atoms with Crippen LogP contribution >= 0.6 is 0 Å². The van der Waals surface area contributed by atoms with Crippen LogP contribution < -0.4 is 5.32 Å². The van der Waals surface area contributed by atoms with Crippen molar-refractivity contribution in [1.29, 1.82) is 0 Å². The highest BCUT2D eigenvalue weighted by atomic mass is 16.5. The van der Waals surface area contributed by atoms with E-state index in [1.807, 2.05) is 0 Å². The van der Waals surface area contributed by atoms with Crippen LogP contribution in [-0.2, 0) is 4.74 Å². The molecule has 0 amide bonds. The summed E-state index contributed by atoms with van der Waals surface area (Å²) >= 11 is 0. The van der Waals surface area contributed by atoms with Crippen LogP contribution in [-0.4, -0.2) is 19.4 Å². The van der Waals surface area contributed by atoms with Gasteiger partial charge in [0.1, 0.15) is 0 Å². The van der Waals surface area contributed by atoms with E-state index >= 15 is 0 Å². The molecule has 2 heteroatoms. The van der Waals surface area contributed by atoms with Crippen LogP contribution in [0.25, 0.3) is 0 Å². The summed E-state index contributed by atoms with van der Waals surface area (Å²) in [6.07, 6.45) is 15.6. The summed E-state index contributed by atoms with van der Waals surface area (Å²) < 4.78 is 5.29. The van der Waals surface area contributed by atoms with Gasteiger partial charge < -0.3 is 4.74 Å². The fraction of sp³-hybridized carbons (Fsp3) is 1.00. The highest BCUT2D eigenvalue weighted by Crippen LogP contribution is 2.12. The molecule has 17 heavy (non-hydrogen) atoms. The third kappa shape index (κ3) is 8.62. The summed E-state index contributed by atoms with van der Waals surface area (Å²) in [5, 5.41) is 3.37. The average molecular weight is 241 g/mol. The molecule has 0 aliphatic carbocycles. The smallest absolute Gasteiger partial charge is 0.0968 e. The maximum absolute atomic E-state index is 5.29. The van der Waals surface area contributed by atoms with Gasteiger partial charge in [0.2, 0.25) is 0 Å². The standard InChI is InChI=1S/C15H31NO/c1-2-3-4-5-6-7-8-9-10-11-12-15-13-17-14-16-15/h15-16H,2-14H2,1H3. The Bertz CT molecular complexity index is 155. The molecule has 2 nitrogen and oxygen atoms in total. The molecule has 1 aliphatic rings. The van der Waals surface area contributed by atoms with Gasteiger partial charge in [-0.05, 0) is 6.42 Å². The Morgan fingerprint density at radius 2 is 1.47 bits per heavy atom. The number of nitrogens with one attached hydrogen (secondary N) is 1. The first kappa shape index (κ1) is 15.0. The molecule has 1 heterocycles. The number of ether oxygens (including phenoxy) is 1. The second-order valence-corrected chi connectivity index (χ2v) is 5.39. The van der Waals surface area contributed by atoms with E-state index in [-0.39, 0.29) is 0 Å². The maximum Gasteiger partial charge on any atom is 0.0968 e. The van der Waals surface area contributed by atoms with E-state index in [1.165, 1.54) is 70.6 Å². The van der Waals surface area contributed by atoms with Gasteiger partial charge in [-0.2, -0.15) is 0 Å². The molecule has 102 valence electrons. The van der Waals surface area contributed by atoms with Crippen molar-refractivity contribution in [2.45, 2.75) is 83.6 Å². The first-order valence-electron chi connectivity index (χ1n) is 7.74. The van der Waals surface area contributed by atoms with E-state index in [9.17, 15) is 0 Å². The molecule has 0 aromatic heterocycles. The van der Waals surface area contributed by atoms with Crippen molar-refractivity contribution < 1.29 is 4.74 Å². The van der Waals surface area contributed by atoms with Crippen molar-refractivity contribution in [3.63, 3.8) is 0 Å². The normalized spacial score (nSPS) is 19.9. The molecule has 0 radical (unpaired) electrons. The van der Waals surface area contributed by atoms with Crippen LogP contribution in [0.1, 0.15) is 77.6 Å². The number of unbranched alkanes of at least 4 members (excludes halogenated alkanes) is 9. The van der Waals surface area contributed by atoms with Crippen molar-refractivity contribution in [1.82, 2.24) is 5.32 Å². The van der Waals surface area contributed by atoms with Gasteiger partial charge in [0, 0.05) is 6.04 Å². The lowest BCUT2D eigenvalue weighted by molar-refractivity contribution is 0.188. The summed E-state index contributed by atoms with van der Waals surface area (Å²) in [5.74, 6) is 0. The molecule has 1 saturated heterocycles. The zero-order chi connectivity index (χ0) is 12.2. The topological polar surface area (TPSA) is 21.3 Å². The molecule has 1 atom stereocenters. The fourth-order valence-corrected chi connectivity index (χ4v) is 2.50.